The number of fused-ring (bicyclic) bond motifs is 1. The van der Waals surface area contributed by atoms with E-state index in [4.69, 9.17) is 4.98 Å². The number of nitriles is 1. The number of hydrogen-bond donors (Lipinski definition) is 0. The SMILES string of the molecule is Cc1cn(-c2ccc(/C=C/c3nc4n(n3)CCC[C@@]4(C#N)c3cccc(F)c3)cc2C)cn1. The molecule has 1 aliphatic heterocycles. The van der Waals surface area contributed by atoms with E-state index < -0.39 is 5.41 Å². The van der Waals surface area contributed by atoms with E-state index in [1.807, 2.05) is 42.2 Å². The van der Waals surface area contributed by atoms with Crippen LogP contribution < -0.4 is 0 Å². The predicted molar refractivity (Wildman–Crippen MR) is 124 cm³/mol. The molecule has 33 heavy (non-hydrogen) atoms. The van der Waals surface area contributed by atoms with Gasteiger partial charge in [0.15, 0.2) is 11.6 Å². The number of rotatable bonds is 4. The van der Waals surface area contributed by atoms with Crippen LogP contribution in [0.15, 0.2) is 55.0 Å². The van der Waals surface area contributed by atoms with E-state index in [0.29, 0.717) is 30.2 Å². The molecule has 0 N–H and O–H groups in total. The highest BCUT2D eigenvalue weighted by Gasteiger charge is 2.42. The lowest BCUT2D eigenvalue weighted by Gasteiger charge is -2.30. The average molecular weight is 439 g/mol. The molecule has 0 saturated heterocycles. The van der Waals surface area contributed by atoms with Crippen molar-refractivity contribution < 1.29 is 4.39 Å². The van der Waals surface area contributed by atoms with Crippen LogP contribution in [-0.4, -0.2) is 24.3 Å². The van der Waals surface area contributed by atoms with Gasteiger partial charge in [-0.2, -0.15) is 10.4 Å². The van der Waals surface area contributed by atoms with Gasteiger partial charge in [-0.25, -0.2) is 19.0 Å². The topological polar surface area (TPSA) is 72.3 Å². The third-order valence-electron chi connectivity index (χ3n) is 6.14. The van der Waals surface area contributed by atoms with E-state index in [9.17, 15) is 9.65 Å². The van der Waals surface area contributed by atoms with E-state index in [-0.39, 0.29) is 5.82 Å². The van der Waals surface area contributed by atoms with Crippen LogP contribution in [0.3, 0.4) is 0 Å². The molecular weight excluding hydrogens is 415 g/mol. The zero-order valence-corrected chi connectivity index (χ0v) is 18.5. The van der Waals surface area contributed by atoms with Crippen LogP contribution in [0.5, 0.6) is 0 Å². The van der Waals surface area contributed by atoms with E-state index in [0.717, 1.165) is 28.9 Å². The third-order valence-corrected chi connectivity index (χ3v) is 6.14. The monoisotopic (exact) mass is 438 g/mol. The molecule has 0 fully saturated rings. The molecule has 6 nitrogen and oxygen atoms in total. The number of nitrogens with zero attached hydrogens (tertiary/aromatic N) is 6. The molecule has 7 heteroatoms. The Bertz CT molecular complexity index is 1410. The van der Waals surface area contributed by atoms with Crippen LogP contribution in [0.4, 0.5) is 4.39 Å². The van der Waals surface area contributed by atoms with Gasteiger partial charge in [0.1, 0.15) is 11.2 Å². The Balaban J connectivity index is 1.46. The maximum Gasteiger partial charge on any atom is 0.174 e. The molecule has 2 aromatic heterocycles. The average Bonchev–Trinajstić information content (AvgIpc) is 3.43. The summed E-state index contributed by atoms with van der Waals surface area (Å²) in [5.74, 6) is 0.752. The maximum atomic E-state index is 13.9. The highest BCUT2D eigenvalue weighted by Crippen LogP contribution is 2.38. The number of aromatic nitrogens is 5. The predicted octanol–water partition coefficient (Wildman–Crippen LogP) is 4.99. The Kier molecular flexibility index (Phi) is 5.14. The number of imidazole rings is 1. The minimum Gasteiger partial charge on any atom is -0.306 e. The van der Waals surface area contributed by atoms with E-state index in [1.165, 1.54) is 12.1 Å². The van der Waals surface area contributed by atoms with Crippen LogP contribution in [0.25, 0.3) is 17.8 Å². The first-order valence-electron chi connectivity index (χ1n) is 10.9. The molecule has 5 rings (SSSR count). The first-order chi connectivity index (χ1) is 16.0. The van der Waals surface area contributed by atoms with E-state index >= 15 is 0 Å². The summed E-state index contributed by atoms with van der Waals surface area (Å²) in [5, 5.41) is 14.7. The minimum absolute atomic E-state index is 0.358. The summed E-state index contributed by atoms with van der Waals surface area (Å²) in [6, 6.07) is 14.9. The molecule has 0 spiro atoms. The molecule has 2 aromatic carbocycles. The molecule has 4 aromatic rings. The van der Waals surface area contributed by atoms with Gasteiger partial charge in [0.05, 0.1) is 18.1 Å². The van der Waals surface area contributed by atoms with Crippen molar-refractivity contribution in [2.45, 2.75) is 38.6 Å². The first kappa shape index (κ1) is 20.8. The lowest BCUT2D eigenvalue weighted by atomic mass is 9.75. The number of benzene rings is 2. The smallest absolute Gasteiger partial charge is 0.174 e. The molecule has 1 aliphatic rings. The summed E-state index contributed by atoms with van der Waals surface area (Å²) in [5.41, 5.74) is 3.83. The number of aryl methyl sites for hydroxylation is 3. The van der Waals surface area contributed by atoms with Gasteiger partial charge in [-0.1, -0.05) is 24.3 Å². The first-order valence-corrected chi connectivity index (χ1v) is 10.9. The van der Waals surface area contributed by atoms with Crippen molar-refractivity contribution in [2.75, 3.05) is 0 Å². The number of hydrogen-bond acceptors (Lipinski definition) is 4. The normalized spacial score (nSPS) is 17.8. The Morgan fingerprint density at radius 1 is 1.15 bits per heavy atom. The van der Waals surface area contributed by atoms with Crippen molar-refractivity contribution in [1.82, 2.24) is 24.3 Å². The summed E-state index contributed by atoms with van der Waals surface area (Å²) in [6.07, 6.45) is 8.99. The molecule has 0 aliphatic carbocycles. The van der Waals surface area contributed by atoms with Crippen molar-refractivity contribution >= 4 is 12.2 Å². The molecule has 164 valence electrons. The van der Waals surface area contributed by atoms with Gasteiger partial charge < -0.3 is 4.57 Å². The molecule has 0 saturated carbocycles. The van der Waals surface area contributed by atoms with Crippen molar-refractivity contribution in [2.24, 2.45) is 0 Å². The van der Waals surface area contributed by atoms with Gasteiger partial charge >= 0.3 is 0 Å². The Morgan fingerprint density at radius 3 is 2.76 bits per heavy atom. The highest BCUT2D eigenvalue weighted by molar-refractivity contribution is 5.68. The summed E-state index contributed by atoms with van der Waals surface area (Å²) in [6.45, 7) is 4.72. The van der Waals surface area contributed by atoms with Gasteiger partial charge in [-0.3, -0.25) is 0 Å². The van der Waals surface area contributed by atoms with E-state index in [1.54, 1.807) is 16.8 Å². The molecule has 3 heterocycles. The van der Waals surface area contributed by atoms with Crippen molar-refractivity contribution in [1.29, 1.82) is 5.26 Å². The van der Waals surface area contributed by atoms with Gasteiger partial charge in [-0.15, -0.1) is 0 Å². The largest absolute Gasteiger partial charge is 0.306 e. The number of halogens is 1. The summed E-state index contributed by atoms with van der Waals surface area (Å²) in [4.78, 5) is 8.99. The van der Waals surface area contributed by atoms with Crippen LogP contribution in [0, 0.1) is 31.0 Å². The summed E-state index contributed by atoms with van der Waals surface area (Å²) >= 11 is 0. The molecular formula is C26H23FN6. The molecule has 0 radical (unpaired) electrons. The van der Waals surface area contributed by atoms with Crippen molar-refractivity contribution in [3.05, 3.63) is 94.8 Å². The second kappa shape index (κ2) is 8.14. The molecule has 0 bridgehead atoms. The van der Waals surface area contributed by atoms with Gasteiger partial charge in [0.25, 0.3) is 0 Å². The second-order valence-corrected chi connectivity index (χ2v) is 8.45. The highest BCUT2D eigenvalue weighted by atomic mass is 19.1. The lowest BCUT2D eigenvalue weighted by Crippen LogP contribution is -2.34. The van der Waals surface area contributed by atoms with Gasteiger partial charge in [0, 0.05) is 18.4 Å². The van der Waals surface area contributed by atoms with Crippen molar-refractivity contribution in [3.8, 4) is 11.8 Å². The zero-order valence-electron chi connectivity index (χ0n) is 18.5. The van der Waals surface area contributed by atoms with E-state index in [2.05, 4.69) is 35.2 Å². The Hall–Kier alpha value is -4.05. The van der Waals surface area contributed by atoms with Crippen LogP contribution in [0.1, 0.15) is 46.9 Å². The minimum atomic E-state index is -0.999. The summed E-state index contributed by atoms with van der Waals surface area (Å²) in [7, 11) is 0. The second-order valence-electron chi connectivity index (χ2n) is 8.45. The Labute approximate surface area is 191 Å². The van der Waals surface area contributed by atoms with Crippen molar-refractivity contribution in [3.63, 3.8) is 0 Å². The molecule has 0 amide bonds. The standard InChI is InChI=1S/C26H23FN6/c1-18-13-20(7-9-23(18)32-15-19(2)29-17-32)8-10-24-30-25-26(16-28,11-4-12-33(25)31-24)21-5-3-6-22(27)14-21/h3,5-10,13-15,17H,4,11-12H2,1-2H3/b10-8+/t26-/m1/s1. The van der Waals surface area contributed by atoms with Crippen LogP contribution in [-0.2, 0) is 12.0 Å². The Morgan fingerprint density at radius 2 is 2.03 bits per heavy atom. The van der Waals surface area contributed by atoms with Gasteiger partial charge in [-0.05, 0) is 73.7 Å². The van der Waals surface area contributed by atoms with Crippen LogP contribution >= 0.6 is 0 Å². The summed E-state index contributed by atoms with van der Waals surface area (Å²) < 4.78 is 17.7. The fraction of sp³-hybridized carbons (Fsp3) is 0.231. The zero-order chi connectivity index (χ0) is 23.0. The van der Waals surface area contributed by atoms with Gasteiger partial charge in [0.2, 0.25) is 0 Å². The molecule has 1 atom stereocenters. The quantitative estimate of drug-likeness (QED) is 0.450. The molecule has 0 unspecified atom stereocenters. The fourth-order valence-electron chi connectivity index (χ4n) is 4.50. The maximum absolute atomic E-state index is 13.9. The van der Waals surface area contributed by atoms with Crippen LogP contribution in [0.2, 0.25) is 0 Å². The fourth-order valence-corrected chi connectivity index (χ4v) is 4.50. The third kappa shape index (κ3) is 3.74. The lowest BCUT2D eigenvalue weighted by molar-refractivity contribution is 0.392.